The molecule has 0 saturated carbocycles. The van der Waals surface area contributed by atoms with Gasteiger partial charge < -0.3 is 14.8 Å². The highest BCUT2D eigenvalue weighted by Gasteiger charge is 2.13. The van der Waals surface area contributed by atoms with Gasteiger partial charge in [-0.1, -0.05) is 12.1 Å². The Kier molecular flexibility index (Phi) is 7.08. The number of ether oxygens (including phenoxy) is 2. The fraction of sp³-hybridized carbons (Fsp3) is 0.444. The molecule has 9 heteroatoms. The first kappa shape index (κ1) is 19.7. The van der Waals surface area contributed by atoms with E-state index in [0.29, 0.717) is 11.6 Å². The minimum Gasteiger partial charge on any atom is -0.435 e. The van der Waals surface area contributed by atoms with Crippen molar-refractivity contribution in [2.45, 2.75) is 26.0 Å². The number of carbonyl (C=O) groups is 1. The summed E-state index contributed by atoms with van der Waals surface area (Å²) in [5.74, 6) is -0.0241. The zero-order valence-corrected chi connectivity index (χ0v) is 15.5. The Hall–Kier alpha value is -2.10. The maximum Gasteiger partial charge on any atom is 0.387 e. The van der Waals surface area contributed by atoms with Gasteiger partial charge in [-0.15, -0.1) is 11.3 Å². The number of anilines is 1. The Labute approximate surface area is 160 Å². The fourth-order valence-electron chi connectivity index (χ4n) is 2.70. The number of carbonyl (C=O) groups excluding carboxylic acids is 1. The number of amides is 1. The number of hydrogen-bond acceptors (Lipinski definition) is 6. The Morgan fingerprint density at radius 2 is 2.04 bits per heavy atom. The molecule has 0 unspecified atom stereocenters. The zero-order valence-electron chi connectivity index (χ0n) is 14.7. The van der Waals surface area contributed by atoms with E-state index in [-0.39, 0.29) is 18.1 Å². The molecule has 3 rings (SSSR count). The lowest BCUT2D eigenvalue weighted by atomic mass is 10.1. The molecule has 1 aromatic carbocycles. The normalized spacial score (nSPS) is 15.1. The van der Waals surface area contributed by atoms with Crippen LogP contribution in [0.5, 0.6) is 5.75 Å². The first-order chi connectivity index (χ1) is 13.1. The van der Waals surface area contributed by atoms with E-state index in [1.807, 2.05) is 5.38 Å². The number of halogens is 2. The molecule has 1 aromatic heterocycles. The standard InChI is InChI=1S/C18H21F2N3O3S/c19-17(20)26-15-4-1-13(2-5-15)3-6-16(24)22-18-21-14(12-27-18)11-23-7-9-25-10-8-23/h1-2,4-5,12,17H,3,6-11H2,(H,21,22,24). The second-order valence-corrected chi connectivity index (χ2v) is 6.96. The van der Waals surface area contributed by atoms with Crippen LogP contribution in [0, 0.1) is 0 Å². The van der Waals surface area contributed by atoms with Crippen molar-refractivity contribution in [2.75, 3.05) is 31.6 Å². The summed E-state index contributed by atoms with van der Waals surface area (Å²) < 4.78 is 33.9. The average molecular weight is 397 g/mol. The third-order valence-corrected chi connectivity index (χ3v) is 4.88. The minimum atomic E-state index is -2.84. The summed E-state index contributed by atoms with van der Waals surface area (Å²) in [6.45, 7) is 1.17. The maximum atomic E-state index is 12.1. The molecule has 6 nitrogen and oxygen atoms in total. The van der Waals surface area contributed by atoms with Crippen molar-refractivity contribution in [3.63, 3.8) is 0 Å². The number of alkyl halides is 2. The molecule has 0 radical (unpaired) electrons. The van der Waals surface area contributed by atoms with Crippen LogP contribution < -0.4 is 10.1 Å². The van der Waals surface area contributed by atoms with E-state index in [0.717, 1.165) is 44.1 Å². The largest absolute Gasteiger partial charge is 0.435 e. The summed E-state index contributed by atoms with van der Waals surface area (Å²) in [5.41, 5.74) is 1.81. The zero-order chi connectivity index (χ0) is 19.1. The molecule has 1 amide bonds. The molecule has 0 bridgehead atoms. The third-order valence-electron chi connectivity index (χ3n) is 4.08. The number of benzene rings is 1. The van der Waals surface area contributed by atoms with Crippen LogP contribution in [0.25, 0.3) is 0 Å². The van der Waals surface area contributed by atoms with Crippen LogP contribution in [0.1, 0.15) is 17.7 Å². The van der Waals surface area contributed by atoms with E-state index < -0.39 is 6.61 Å². The highest BCUT2D eigenvalue weighted by Crippen LogP contribution is 2.19. The smallest absolute Gasteiger partial charge is 0.387 e. The Morgan fingerprint density at radius 3 is 2.74 bits per heavy atom. The molecule has 1 fully saturated rings. The van der Waals surface area contributed by atoms with Crippen molar-refractivity contribution in [3.8, 4) is 5.75 Å². The first-order valence-electron chi connectivity index (χ1n) is 8.66. The number of hydrogen-bond donors (Lipinski definition) is 1. The number of aryl methyl sites for hydroxylation is 1. The lowest BCUT2D eigenvalue weighted by Crippen LogP contribution is -2.35. The summed E-state index contributed by atoms with van der Waals surface area (Å²) in [6.07, 6.45) is 0.792. The Morgan fingerprint density at radius 1 is 1.30 bits per heavy atom. The van der Waals surface area contributed by atoms with Gasteiger partial charge in [0.25, 0.3) is 0 Å². The van der Waals surface area contributed by atoms with Crippen molar-refractivity contribution in [1.82, 2.24) is 9.88 Å². The summed E-state index contributed by atoms with van der Waals surface area (Å²) in [5, 5.41) is 5.35. The van der Waals surface area contributed by atoms with Crippen molar-refractivity contribution < 1.29 is 23.0 Å². The monoisotopic (exact) mass is 397 g/mol. The van der Waals surface area contributed by atoms with Gasteiger partial charge in [0.05, 0.1) is 18.9 Å². The van der Waals surface area contributed by atoms with E-state index in [4.69, 9.17) is 4.74 Å². The molecular formula is C18H21F2N3O3S. The molecule has 0 spiro atoms. The summed E-state index contributed by atoms with van der Waals surface area (Å²) in [6, 6.07) is 6.29. The van der Waals surface area contributed by atoms with E-state index in [1.165, 1.54) is 23.5 Å². The predicted molar refractivity (Wildman–Crippen MR) is 98.2 cm³/mol. The van der Waals surface area contributed by atoms with Crippen LogP contribution >= 0.6 is 11.3 Å². The number of nitrogens with one attached hydrogen (secondary N) is 1. The summed E-state index contributed by atoms with van der Waals surface area (Å²) in [4.78, 5) is 18.8. The maximum absolute atomic E-state index is 12.1. The average Bonchev–Trinajstić information content (AvgIpc) is 3.08. The second kappa shape index (κ2) is 9.72. The summed E-state index contributed by atoms with van der Waals surface area (Å²) >= 11 is 1.41. The minimum absolute atomic E-state index is 0.105. The van der Waals surface area contributed by atoms with Crippen LogP contribution in [-0.2, 0) is 22.5 Å². The van der Waals surface area contributed by atoms with Crippen LogP contribution in [0.2, 0.25) is 0 Å². The van der Waals surface area contributed by atoms with E-state index >= 15 is 0 Å². The molecule has 1 aliphatic heterocycles. The van der Waals surface area contributed by atoms with Crippen LogP contribution in [0.4, 0.5) is 13.9 Å². The summed E-state index contributed by atoms with van der Waals surface area (Å²) in [7, 11) is 0. The van der Waals surface area contributed by atoms with Crippen molar-refractivity contribution in [2.24, 2.45) is 0 Å². The lowest BCUT2D eigenvalue weighted by Gasteiger charge is -2.25. The van der Waals surface area contributed by atoms with Crippen molar-refractivity contribution in [1.29, 1.82) is 0 Å². The van der Waals surface area contributed by atoms with Gasteiger partial charge in [-0.05, 0) is 24.1 Å². The van der Waals surface area contributed by atoms with Crippen LogP contribution in [-0.4, -0.2) is 48.7 Å². The first-order valence-corrected chi connectivity index (χ1v) is 9.54. The van der Waals surface area contributed by atoms with Gasteiger partial charge in [0, 0.05) is 31.4 Å². The highest BCUT2D eigenvalue weighted by atomic mass is 32.1. The van der Waals surface area contributed by atoms with Gasteiger partial charge in [-0.3, -0.25) is 9.69 Å². The van der Waals surface area contributed by atoms with Gasteiger partial charge in [0.2, 0.25) is 5.91 Å². The third kappa shape index (κ3) is 6.53. The van der Waals surface area contributed by atoms with E-state index in [9.17, 15) is 13.6 Å². The Bertz CT molecular complexity index is 734. The quantitative estimate of drug-likeness (QED) is 0.741. The molecule has 27 heavy (non-hydrogen) atoms. The number of aromatic nitrogens is 1. The molecule has 0 aliphatic carbocycles. The Balaban J connectivity index is 1.42. The topological polar surface area (TPSA) is 63.7 Å². The van der Waals surface area contributed by atoms with Gasteiger partial charge in [0.15, 0.2) is 5.13 Å². The molecule has 1 N–H and O–H groups in total. The van der Waals surface area contributed by atoms with E-state index in [2.05, 4.69) is 19.9 Å². The molecule has 2 heterocycles. The molecule has 0 atom stereocenters. The van der Waals surface area contributed by atoms with Crippen LogP contribution in [0.15, 0.2) is 29.6 Å². The molecular weight excluding hydrogens is 376 g/mol. The van der Waals surface area contributed by atoms with Gasteiger partial charge in [-0.2, -0.15) is 8.78 Å². The molecule has 2 aromatic rings. The predicted octanol–water partition coefficient (Wildman–Crippen LogP) is 3.15. The second-order valence-electron chi connectivity index (χ2n) is 6.10. The molecule has 1 aliphatic rings. The van der Waals surface area contributed by atoms with E-state index in [1.54, 1.807) is 12.1 Å². The van der Waals surface area contributed by atoms with Gasteiger partial charge in [-0.25, -0.2) is 4.98 Å². The number of thiazole rings is 1. The number of rotatable bonds is 8. The SMILES string of the molecule is O=C(CCc1ccc(OC(F)F)cc1)Nc1nc(CN2CCOCC2)cs1. The number of morpholine rings is 1. The number of nitrogens with zero attached hydrogens (tertiary/aromatic N) is 2. The molecule has 146 valence electrons. The molecule has 1 saturated heterocycles. The fourth-order valence-corrected chi connectivity index (χ4v) is 3.42. The van der Waals surface area contributed by atoms with Gasteiger partial charge >= 0.3 is 6.61 Å². The van der Waals surface area contributed by atoms with Gasteiger partial charge in [0.1, 0.15) is 5.75 Å². The van der Waals surface area contributed by atoms with Crippen molar-refractivity contribution >= 4 is 22.4 Å². The lowest BCUT2D eigenvalue weighted by molar-refractivity contribution is -0.116. The van der Waals surface area contributed by atoms with Crippen molar-refractivity contribution in [3.05, 3.63) is 40.9 Å². The van der Waals surface area contributed by atoms with Crippen LogP contribution in [0.3, 0.4) is 0 Å². The highest BCUT2D eigenvalue weighted by molar-refractivity contribution is 7.13.